The third-order valence-corrected chi connectivity index (χ3v) is 11.2. The molecule has 2 heterocycles. The molecule has 2 N–H and O–H groups in total. The first-order valence-electron chi connectivity index (χ1n) is 19.8. The van der Waals surface area contributed by atoms with Crippen molar-refractivity contribution >= 4 is 6.21 Å². The standard InChI is InChI=1S/C50H45N3O7/c1-57-51-34-33-48(56)43(36-58-49(37-20-8-2-9-21-37,38-22-10-3-11-23-38)39-24-12-4-13-25-39)59-46(53-35-32-44(54)52-47(53)55)45(48)60-50(40-26-14-5-15-27-40,41-28-16-6-17-29-41)42-30-18-7-19-31-42/h2-32,34-35,43,45-46,56H,33,36H2,1H3,(H,52,54,55)/b51-34-/t43-,45+,46-,48-/m1/s1. The van der Waals surface area contributed by atoms with E-state index in [1.165, 1.54) is 30.2 Å². The Bertz CT molecular complexity index is 2400. The Hall–Kier alpha value is -6.69. The van der Waals surface area contributed by atoms with Gasteiger partial charge in [0, 0.05) is 24.9 Å². The summed E-state index contributed by atoms with van der Waals surface area (Å²) in [5.41, 5.74) is -0.997. The SMILES string of the molecule is CO/N=C\C[C@@]1(O)[C@@H](COC(c2ccccc2)(c2ccccc2)c2ccccc2)O[C@@H](n2ccc(=O)[nH]c2=O)[C@@H]1OC(c1ccccc1)(c1ccccc1)c1ccccc1. The first-order chi connectivity index (χ1) is 29.4. The van der Waals surface area contributed by atoms with E-state index in [1.54, 1.807) is 0 Å². The highest BCUT2D eigenvalue weighted by atomic mass is 16.6. The Balaban J connectivity index is 1.34. The van der Waals surface area contributed by atoms with Gasteiger partial charge in [-0.05, 0) is 33.4 Å². The first-order valence-corrected chi connectivity index (χ1v) is 19.8. The zero-order valence-corrected chi connectivity index (χ0v) is 33.0. The van der Waals surface area contributed by atoms with Crippen molar-refractivity contribution in [1.82, 2.24) is 9.55 Å². The number of hydrogen-bond acceptors (Lipinski definition) is 8. The Morgan fingerprint density at radius 1 is 0.650 bits per heavy atom. The van der Waals surface area contributed by atoms with Gasteiger partial charge in [-0.2, -0.15) is 0 Å². The summed E-state index contributed by atoms with van der Waals surface area (Å²) in [6.45, 7) is -0.195. The van der Waals surface area contributed by atoms with Crippen molar-refractivity contribution < 1.29 is 24.2 Å². The molecule has 0 aliphatic carbocycles. The molecule has 0 amide bonds. The van der Waals surface area contributed by atoms with Crippen LogP contribution in [-0.2, 0) is 30.3 Å². The molecule has 302 valence electrons. The van der Waals surface area contributed by atoms with E-state index < -0.39 is 46.5 Å². The fraction of sp³-hybridized carbons (Fsp3) is 0.180. The van der Waals surface area contributed by atoms with E-state index in [4.69, 9.17) is 19.0 Å². The number of hydrogen-bond donors (Lipinski definition) is 2. The highest BCUT2D eigenvalue weighted by Gasteiger charge is 2.60. The predicted octanol–water partition coefficient (Wildman–Crippen LogP) is 7.57. The molecule has 1 aromatic heterocycles. The number of rotatable bonds is 15. The molecule has 60 heavy (non-hydrogen) atoms. The number of aromatic nitrogens is 2. The van der Waals surface area contributed by atoms with Crippen LogP contribution in [0.4, 0.5) is 0 Å². The van der Waals surface area contributed by atoms with Gasteiger partial charge in [-0.1, -0.05) is 187 Å². The van der Waals surface area contributed by atoms with Crippen molar-refractivity contribution in [3.05, 3.63) is 248 Å². The topological polar surface area (TPSA) is 124 Å². The molecule has 0 radical (unpaired) electrons. The van der Waals surface area contributed by atoms with E-state index in [9.17, 15) is 14.7 Å². The second-order valence-corrected chi connectivity index (χ2v) is 14.6. The van der Waals surface area contributed by atoms with Crippen LogP contribution in [0.5, 0.6) is 0 Å². The Morgan fingerprint density at radius 2 is 1.05 bits per heavy atom. The number of nitrogens with zero attached hydrogens (tertiary/aromatic N) is 2. The molecule has 7 aromatic rings. The van der Waals surface area contributed by atoms with E-state index in [0.29, 0.717) is 0 Å². The fourth-order valence-corrected chi connectivity index (χ4v) is 8.36. The number of H-pyrrole nitrogens is 1. The molecule has 0 saturated carbocycles. The number of benzene rings is 6. The van der Waals surface area contributed by atoms with E-state index in [0.717, 1.165) is 33.4 Å². The molecule has 10 nitrogen and oxygen atoms in total. The molecule has 1 saturated heterocycles. The average Bonchev–Trinajstić information content (AvgIpc) is 3.57. The number of oxime groups is 1. The average molecular weight is 800 g/mol. The molecular weight excluding hydrogens is 755 g/mol. The van der Waals surface area contributed by atoms with Gasteiger partial charge in [-0.25, -0.2) is 4.79 Å². The second-order valence-electron chi connectivity index (χ2n) is 14.6. The van der Waals surface area contributed by atoms with Crippen molar-refractivity contribution in [2.45, 2.75) is 41.7 Å². The summed E-state index contributed by atoms with van der Waals surface area (Å²) in [5.74, 6) is 0. The number of ether oxygens (including phenoxy) is 3. The number of nitrogens with one attached hydrogen (secondary N) is 1. The molecule has 1 aliphatic heterocycles. The summed E-state index contributed by atoms with van der Waals surface area (Å²) in [6, 6.07) is 60.1. The van der Waals surface area contributed by atoms with Crippen molar-refractivity contribution in [1.29, 1.82) is 0 Å². The lowest BCUT2D eigenvalue weighted by Gasteiger charge is -2.43. The van der Waals surface area contributed by atoms with Crippen molar-refractivity contribution in [2.24, 2.45) is 5.16 Å². The maximum Gasteiger partial charge on any atom is 0.330 e. The molecule has 4 atom stereocenters. The molecular formula is C50H45N3O7. The summed E-state index contributed by atoms with van der Waals surface area (Å²) in [4.78, 5) is 33.7. The smallest absolute Gasteiger partial charge is 0.330 e. The van der Waals surface area contributed by atoms with Gasteiger partial charge in [0.15, 0.2) is 6.23 Å². The quantitative estimate of drug-likeness (QED) is 0.0623. The van der Waals surface area contributed by atoms with E-state index >= 15 is 0 Å². The summed E-state index contributed by atoms with van der Waals surface area (Å²) in [6.07, 6.45) is -1.11. The van der Waals surface area contributed by atoms with Gasteiger partial charge in [0.1, 0.15) is 36.1 Å². The molecule has 1 aliphatic rings. The van der Waals surface area contributed by atoms with Gasteiger partial charge >= 0.3 is 5.69 Å². The van der Waals surface area contributed by atoms with Crippen molar-refractivity contribution in [3.63, 3.8) is 0 Å². The zero-order valence-electron chi connectivity index (χ0n) is 33.0. The summed E-state index contributed by atoms with van der Waals surface area (Å²) < 4.78 is 23.0. The molecule has 0 bridgehead atoms. The van der Waals surface area contributed by atoms with E-state index in [1.807, 2.05) is 182 Å². The van der Waals surface area contributed by atoms with Gasteiger partial charge in [-0.3, -0.25) is 14.3 Å². The summed E-state index contributed by atoms with van der Waals surface area (Å²) >= 11 is 0. The monoisotopic (exact) mass is 799 g/mol. The molecule has 6 aromatic carbocycles. The van der Waals surface area contributed by atoms with Crippen LogP contribution in [0.25, 0.3) is 0 Å². The minimum atomic E-state index is -1.96. The number of aliphatic hydroxyl groups is 1. The molecule has 8 rings (SSSR count). The number of aromatic amines is 1. The van der Waals surface area contributed by atoms with Crippen LogP contribution in [0.1, 0.15) is 46.0 Å². The Kier molecular flexibility index (Phi) is 11.8. The zero-order chi connectivity index (χ0) is 41.4. The van der Waals surface area contributed by atoms with Crippen LogP contribution in [0.2, 0.25) is 0 Å². The van der Waals surface area contributed by atoms with Gasteiger partial charge in [0.25, 0.3) is 5.56 Å². The van der Waals surface area contributed by atoms with Crippen molar-refractivity contribution in [3.8, 4) is 0 Å². The van der Waals surface area contributed by atoms with E-state index in [2.05, 4.69) is 10.1 Å². The third-order valence-electron chi connectivity index (χ3n) is 11.2. The van der Waals surface area contributed by atoms with Crippen LogP contribution in [0.15, 0.2) is 209 Å². The maximum absolute atomic E-state index is 13.8. The van der Waals surface area contributed by atoms with Gasteiger partial charge in [0.2, 0.25) is 0 Å². The van der Waals surface area contributed by atoms with Crippen LogP contribution in [0.3, 0.4) is 0 Å². The predicted molar refractivity (Wildman–Crippen MR) is 230 cm³/mol. The lowest BCUT2D eigenvalue weighted by atomic mass is 9.78. The molecule has 10 heteroatoms. The lowest BCUT2D eigenvalue weighted by Crippen LogP contribution is -2.55. The van der Waals surface area contributed by atoms with Gasteiger partial charge < -0.3 is 24.2 Å². The van der Waals surface area contributed by atoms with Crippen LogP contribution < -0.4 is 11.2 Å². The minimum absolute atomic E-state index is 0.141. The summed E-state index contributed by atoms with van der Waals surface area (Å²) in [5, 5.41) is 17.6. The molecule has 1 fully saturated rings. The third kappa shape index (κ3) is 7.53. The van der Waals surface area contributed by atoms with Gasteiger partial charge in [-0.15, -0.1) is 0 Å². The normalized spacial score (nSPS) is 19.3. The van der Waals surface area contributed by atoms with Crippen LogP contribution in [0, 0.1) is 0 Å². The Morgan fingerprint density at radius 3 is 1.43 bits per heavy atom. The largest absolute Gasteiger partial charge is 0.399 e. The van der Waals surface area contributed by atoms with Crippen LogP contribution >= 0.6 is 0 Å². The maximum atomic E-state index is 13.8. The van der Waals surface area contributed by atoms with E-state index in [-0.39, 0.29) is 13.0 Å². The second kappa shape index (κ2) is 17.7. The van der Waals surface area contributed by atoms with Gasteiger partial charge in [0.05, 0.1) is 6.61 Å². The molecule has 0 spiro atoms. The highest BCUT2D eigenvalue weighted by Crippen LogP contribution is 2.50. The van der Waals surface area contributed by atoms with Crippen molar-refractivity contribution in [2.75, 3.05) is 13.7 Å². The Labute approximate surface area is 347 Å². The first kappa shape index (κ1) is 40.1. The van der Waals surface area contributed by atoms with Crippen LogP contribution in [-0.4, -0.2) is 52.4 Å². The molecule has 0 unspecified atom stereocenters. The highest BCUT2D eigenvalue weighted by molar-refractivity contribution is 5.59. The lowest BCUT2D eigenvalue weighted by molar-refractivity contribution is -0.157. The minimum Gasteiger partial charge on any atom is -0.399 e. The summed E-state index contributed by atoms with van der Waals surface area (Å²) in [7, 11) is 1.42. The fourth-order valence-electron chi connectivity index (χ4n) is 8.36.